The lowest BCUT2D eigenvalue weighted by Crippen LogP contribution is -2.45. The number of nitrogens with one attached hydrogen (secondary N) is 1. The molecule has 1 aromatic heterocycles. The van der Waals surface area contributed by atoms with Crippen LogP contribution in [0.1, 0.15) is 67.4 Å². The smallest absolute Gasteiger partial charge is 0.252 e. The molecule has 1 amide bonds. The minimum Gasteiger partial charge on any atom is -0.355 e. The van der Waals surface area contributed by atoms with E-state index in [1.807, 2.05) is 12.1 Å². The van der Waals surface area contributed by atoms with E-state index < -0.39 is 0 Å². The lowest BCUT2D eigenvalue weighted by molar-refractivity contribution is -0.0580. The fourth-order valence-electron chi connectivity index (χ4n) is 6.09. The number of carbonyl (C=O) groups is 1. The number of nitrogens with zero attached hydrogens (tertiary/aromatic N) is 1. The van der Waals surface area contributed by atoms with Gasteiger partial charge in [-0.15, -0.1) is 0 Å². The van der Waals surface area contributed by atoms with Crippen LogP contribution in [0, 0.1) is 23.2 Å². The number of hydrogen-bond acceptors (Lipinski definition) is 2. The van der Waals surface area contributed by atoms with E-state index in [9.17, 15) is 4.79 Å². The molecule has 0 atom stereocenters. The van der Waals surface area contributed by atoms with Gasteiger partial charge in [0, 0.05) is 18.9 Å². The Hall–Kier alpha value is -1.38. The van der Waals surface area contributed by atoms with Crippen molar-refractivity contribution in [3.8, 4) is 0 Å². The molecule has 1 heterocycles. The molecular weight excluding hydrogens is 284 g/mol. The second-order valence-corrected chi connectivity index (χ2v) is 8.39. The van der Waals surface area contributed by atoms with Crippen molar-refractivity contribution in [3.63, 3.8) is 0 Å². The third-order valence-electron chi connectivity index (χ3n) is 6.62. The quantitative estimate of drug-likeness (QED) is 0.893. The maximum atomic E-state index is 11.5. The molecular formula is C20H28N2O. The summed E-state index contributed by atoms with van der Waals surface area (Å²) in [5.74, 6) is 3.08. The Morgan fingerprint density at radius 1 is 1.17 bits per heavy atom. The second-order valence-electron chi connectivity index (χ2n) is 8.39. The van der Waals surface area contributed by atoms with Gasteiger partial charge in [-0.05, 0) is 93.1 Å². The molecule has 0 unspecified atom stereocenters. The summed E-state index contributed by atoms with van der Waals surface area (Å²) >= 11 is 0. The maximum absolute atomic E-state index is 11.5. The van der Waals surface area contributed by atoms with Crippen LogP contribution in [0.2, 0.25) is 0 Å². The van der Waals surface area contributed by atoms with Crippen LogP contribution in [-0.4, -0.2) is 17.9 Å². The molecule has 1 N–H and O–H groups in total. The minimum atomic E-state index is -0.0578. The highest BCUT2D eigenvalue weighted by atomic mass is 16.1. The van der Waals surface area contributed by atoms with Crippen LogP contribution in [0.3, 0.4) is 0 Å². The minimum absolute atomic E-state index is 0.0578. The Balaban J connectivity index is 1.33. The van der Waals surface area contributed by atoms with Crippen LogP contribution >= 0.6 is 0 Å². The molecule has 23 heavy (non-hydrogen) atoms. The van der Waals surface area contributed by atoms with Gasteiger partial charge in [0.15, 0.2) is 0 Å². The second kappa shape index (κ2) is 5.92. The topological polar surface area (TPSA) is 42.0 Å². The van der Waals surface area contributed by atoms with E-state index in [2.05, 4.69) is 10.3 Å². The molecule has 124 valence electrons. The molecule has 3 nitrogen and oxygen atoms in total. The first-order chi connectivity index (χ1) is 11.2. The lowest BCUT2D eigenvalue weighted by Gasteiger charge is -2.57. The van der Waals surface area contributed by atoms with Gasteiger partial charge >= 0.3 is 0 Å². The van der Waals surface area contributed by atoms with Crippen LogP contribution in [0.15, 0.2) is 18.3 Å². The Labute approximate surface area is 139 Å². The lowest BCUT2D eigenvalue weighted by atomic mass is 9.48. The maximum Gasteiger partial charge on any atom is 0.252 e. The fraction of sp³-hybridized carbons (Fsp3) is 0.700. The molecule has 0 spiro atoms. The molecule has 4 aliphatic rings. The first-order valence-electron chi connectivity index (χ1n) is 9.33. The molecule has 1 aromatic rings. The summed E-state index contributed by atoms with van der Waals surface area (Å²) in [7, 11) is 1.65. The summed E-state index contributed by atoms with van der Waals surface area (Å²) in [6, 6.07) is 3.91. The SMILES string of the molecule is CNC(=O)c1ccc(CCCC23CC4CC(CC(C4)C2)C3)nc1. The zero-order valence-corrected chi connectivity index (χ0v) is 14.2. The summed E-state index contributed by atoms with van der Waals surface area (Å²) in [4.78, 5) is 16.0. The molecule has 5 rings (SSSR count). The molecule has 0 aromatic carbocycles. The normalized spacial score (nSPS) is 34.6. The van der Waals surface area contributed by atoms with Crippen LogP contribution in [0.5, 0.6) is 0 Å². The summed E-state index contributed by atoms with van der Waals surface area (Å²) < 4.78 is 0. The summed E-state index contributed by atoms with van der Waals surface area (Å²) in [5.41, 5.74) is 2.45. The van der Waals surface area contributed by atoms with E-state index in [0.717, 1.165) is 29.9 Å². The molecule has 0 aliphatic heterocycles. The Kier molecular flexibility index (Phi) is 3.90. The van der Waals surface area contributed by atoms with Crippen LogP contribution in [0.25, 0.3) is 0 Å². The van der Waals surface area contributed by atoms with Crippen LogP contribution < -0.4 is 5.32 Å². The number of aromatic nitrogens is 1. The van der Waals surface area contributed by atoms with E-state index in [1.165, 1.54) is 51.4 Å². The molecule has 0 saturated heterocycles. The third kappa shape index (κ3) is 3.02. The Morgan fingerprint density at radius 3 is 2.35 bits per heavy atom. The number of hydrogen-bond donors (Lipinski definition) is 1. The van der Waals surface area contributed by atoms with Crippen molar-refractivity contribution in [1.82, 2.24) is 10.3 Å². The fourth-order valence-corrected chi connectivity index (χ4v) is 6.09. The average molecular weight is 312 g/mol. The van der Waals surface area contributed by atoms with Gasteiger partial charge in [-0.2, -0.15) is 0 Å². The van der Waals surface area contributed by atoms with Gasteiger partial charge in [0.25, 0.3) is 5.91 Å². The van der Waals surface area contributed by atoms with Crippen molar-refractivity contribution in [2.24, 2.45) is 23.2 Å². The monoisotopic (exact) mass is 312 g/mol. The van der Waals surface area contributed by atoms with Gasteiger partial charge in [-0.1, -0.05) is 0 Å². The molecule has 4 aliphatic carbocycles. The van der Waals surface area contributed by atoms with Crippen molar-refractivity contribution >= 4 is 5.91 Å². The number of amides is 1. The largest absolute Gasteiger partial charge is 0.355 e. The van der Waals surface area contributed by atoms with E-state index in [-0.39, 0.29) is 5.91 Å². The standard InChI is InChI=1S/C20H28N2O/c1-21-19(23)17-4-5-18(22-13-17)3-2-6-20-10-14-7-15(11-20)9-16(8-14)12-20/h4-5,13-16H,2-3,6-12H2,1H3,(H,21,23). The third-order valence-corrected chi connectivity index (χ3v) is 6.62. The summed E-state index contributed by atoms with van der Waals surface area (Å²) in [5, 5.41) is 2.64. The van der Waals surface area contributed by atoms with Gasteiger partial charge in [0.2, 0.25) is 0 Å². The highest BCUT2D eigenvalue weighted by Crippen LogP contribution is 2.61. The van der Waals surface area contributed by atoms with Gasteiger partial charge in [0.05, 0.1) is 5.56 Å². The molecule has 4 saturated carbocycles. The molecule has 4 bridgehead atoms. The van der Waals surface area contributed by atoms with E-state index >= 15 is 0 Å². The number of pyridine rings is 1. The van der Waals surface area contributed by atoms with Crippen LogP contribution in [-0.2, 0) is 6.42 Å². The predicted molar refractivity (Wildman–Crippen MR) is 91.2 cm³/mol. The first-order valence-corrected chi connectivity index (χ1v) is 9.33. The molecule has 0 radical (unpaired) electrons. The van der Waals surface area contributed by atoms with Crippen molar-refractivity contribution in [3.05, 3.63) is 29.6 Å². The van der Waals surface area contributed by atoms with E-state index in [4.69, 9.17) is 0 Å². The highest BCUT2D eigenvalue weighted by Gasteiger charge is 2.50. The zero-order valence-electron chi connectivity index (χ0n) is 14.2. The number of rotatable bonds is 5. The highest BCUT2D eigenvalue weighted by molar-refractivity contribution is 5.93. The summed E-state index contributed by atoms with van der Waals surface area (Å²) in [6.07, 6.45) is 14.5. The zero-order chi connectivity index (χ0) is 15.9. The molecule has 3 heteroatoms. The number of carbonyl (C=O) groups excluding carboxylic acids is 1. The van der Waals surface area contributed by atoms with Crippen molar-refractivity contribution in [2.45, 2.75) is 57.8 Å². The Bertz CT molecular complexity index is 543. The summed E-state index contributed by atoms with van der Waals surface area (Å²) in [6.45, 7) is 0. The molecule has 4 fully saturated rings. The Morgan fingerprint density at radius 2 is 1.83 bits per heavy atom. The number of aryl methyl sites for hydroxylation is 1. The van der Waals surface area contributed by atoms with Gasteiger partial charge in [0.1, 0.15) is 0 Å². The van der Waals surface area contributed by atoms with Crippen molar-refractivity contribution < 1.29 is 4.79 Å². The van der Waals surface area contributed by atoms with E-state index in [0.29, 0.717) is 11.0 Å². The van der Waals surface area contributed by atoms with Crippen molar-refractivity contribution in [1.29, 1.82) is 0 Å². The average Bonchev–Trinajstić information content (AvgIpc) is 2.53. The first kappa shape index (κ1) is 15.2. The van der Waals surface area contributed by atoms with E-state index in [1.54, 1.807) is 13.2 Å². The van der Waals surface area contributed by atoms with Crippen LogP contribution in [0.4, 0.5) is 0 Å². The van der Waals surface area contributed by atoms with Gasteiger partial charge < -0.3 is 5.32 Å². The predicted octanol–water partition coefficient (Wildman–Crippen LogP) is 3.98. The van der Waals surface area contributed by atoms with Gasteiger partial charge in [-0.25, -0.2) is 0 Å². The van der Waals surface area contributed by atoms with Crippen molar-refractivity contribution in [2.75, 3.05) is 7.05 Å². The van der Waals surface area contributed by atoms with Gasteiger partial charge in [-0.3, -0.25) is 9.78 Å².